The van der Waals surface area contributed by atoms with E-state index in [0.29, 0.717) is 5.92 Å². The van der Waals surface area contributed by atoms with Crippen LogP contribution in [0.25, 0.3) is 11.1 Å². The van der Waals surface area contributed by atoms with E-state index in [1.807, 2.05) is 0 Å². The molecule has 0 bridgehead atoms. The summed E-state index contributed by atoms with van der Waals surface area (Å²) in [5, 5.41) is 0. The highest BCUT2D eigenvalue weighted by Crippen LogP contribution is 2.46. The number of allylic oxidation sites excluding steroid dienone is 4. The molecule has 0 fully saturated rings. The number of rotatable bonds is 4. The topological polar surface area (TPSA) is 0 Å². The molecule has 0 radical (unpaired) electrons. The van der Waals surface area contributed by atoms with Crippen LogP contribution in [0.4, 0.5) is 0 Å². The normalized spacial score (nSPS) is 15.9. The Labute approximate surface area is 126 Å². The highest BCUT2D eigenvalue weighted by Gasteiger charge is 2.27. The lowest BCUT2D eigenvalue weighted by molar-refractivity contribution is 0.665. The summed E-state index contributed by atoms with van der Waals surface area (Å²) in [5.74, 6) is 0.590. The molecule has 0 heteroatoms. The van der Waals surface area contributed by atoms with Crippen LogP contribution in [0.3, 0.4) is 0 Å². The molecular formula is C21H20. The van der Waals surface area contributed by atoms with Gasteiger partial charge in [-0.05, 0) is 47.9 Å². The zero-order valence-electron chi connectivity index (χ0n) is 12.3. The van der Waals surface area contributed by atoms with Crippen LogP contribution in [0.15, 0.2) is 72.3 Å². The molecule has 2 aromatic rings. The molecule has 2 aliphatic carbocycles. The minimum atomic E-state index is 0.590. The summed E-state index contributed by atoms with van der Waals surface area (Å²) in [6.45, 7) is 0. The molecule has 0 saturated heterocycles. The summed E-state index contributed by atoms with van der Waals surface area (Å²) in [7, 11) is 0. The number of fused-ring (bicyclic) bond motifs is 3. The zero-order valence-corrected chi connectivity index (χ0v) is 12.3. The Morgan fingerprint density at radius 3 is 2.14 bits per heavy atom. The van der Waals surface area contributed by atoms with Crippen molar-refractivity contribution in [2.75, 3.05) is 0 Å². The standard InChI is InChI=1S/C21H20/c1-2-9-16(8-1)10-7-15-21-19-13-5-3-11-17(19)18-12-4-6-14-20(18)21/h1-6,8,11-14,21H,7,9-10,15H2. The molecule has 0 heterocycles. The Balaban J connectivity index is 1.57. The molecule has 0 amide bonds. The monoisotopic (exact) mass is 272 g/mol. The average molecular weight is 272 g/mol. The van der Waals surface area contributed by atoms with Crippen LogP contribution >= 0.6 is 0 Å². The highest BCUT2D eigenvalue weighted by atomic mass is 14.3. The SMILES string of the molecule is C1=CCC(CCCC2c3ccccc3-c3ccccc32)=C1. The van der Waals surface area contributed by atoms with Gasteiger partial charge in [0.1, 0.15) is 0 Å². The minimum Gasteiger partial charge on any atom is -0.0805 e. The fourth-order valence-corrected chi connectivity index (χ4v) is 3.78. The second-order valence-electron chi connectivity index (χ2n) is 6.08. The van der Waals surface area contributed by atoms with E-state index in [2.05, 4.69) is 66.8 Å². The molecule has 4 rings (SSSR count). The van der Waals surface area contributed by atoms with Gasteiger partial charge < -0.3 is 0 Å². The molecule has 0 nitrogen and oxygen atoms in total. The van der Waals surface area contributed by atoms with Gasteiger partial charge in [0, 0.05) is 5.92 Å². The van der Waals surface area contributed by atoms with Gasteiger partial charge in [-0.15, -0.1) is 0 Å². The maximum atomic E-state index is 2.32. The summed E-state index contributed by atoms with van der Waals surface area (Å²) >= 11 is 0. The third-order valence-corrected chi connectivity index (χ3v) is 4.80. The highest BCUT2D eigenvalue weighted by molar-refractivity contribution is 5.78. The lowest BCUT2D eigenvalue weighted by atomic mass is 9.90. The van der Waals surface area contributed by atoms with Gasteiger partial charge in [-0.25, -0.2) is 0 Å². The van der Waals surface area contributed by atoms with Gasteiger partial charge in [0.05, 0.1) is 0 Å². The quantitative estimate of drug-likeness (QED) is 0.654. The van der Waals surface area contributed by atoms with E-state index < -0.39 is 0 Å². The second kappa shape index (κ2) is 5.37. The fraction of sp³-hybridized carbons (Fsp3) is 0.238. The van der Waals surface area contributed by atoms with Crippen molar-refractivity contribution in [3.63, 3.8) is 0 Å². The third kappa shape index (κ3) is 2.25. The van der Waals surface area contributed by atoms with Crippen LogP contribution < -0.4 is 0 Å². The summed E-state index contributed by atoms with van der Waals surface area (Å²) < 4.78 is 0. The van der Waals surface area contributed by atoms with Gasteiger partial charge in [-0.3, -0.25) is 0 Å². The van der Waals surface area contributed by atoms with Crippen LogP contribution in [0.2, 0.25) is 0 Å². The van der Waals surface area contributed by atoms with Crippen LogP contribution in [0, 0.1) is 0 Å². The van der Waals surface area contributed by atoms with E-state index in [1.165, 1.54) is 41.5 Å². The van der Waals surface area contributed by atoms with Crippen LogP contribution in [-0.2, 0) is 0 Å². The number of hydrogen-bond donors (Lipinski definition) is 0. The first-order valence-electron chi connectivity index (χ1n) is 7.96. The predicted molar refractivity (Wildman–Crippen MR) is 89.4 cm³/mol. The Bertz CT molecular complexity index is 673. The van der Waals surface area contributed by atoms with Crippen molar-refractivity contribution >= 4 is 0 Å². The van der Waals surface area contributed by atoms with Crippen LogP contribution in [0.1, 0.15) is 42.7 Å². The van der Waals surface area contributed by atoms with Crippen molar-refractivity contribution in [2.24, 2.45) is 0 Å². The molecule has 0 saturated carbocycles. The first-order valence-corrected chi connectivity index (χ1v) is 7.96. The fourth-order valence-electron chi connectivity index (χ4n) is 3.78. The van der Waals surface area contributed by atoms with Gasteiger partial charge in [0.25, 0.3) is 0 Å². The number of benzene rings is 2. The molecule has 2 aliphatic rings. The second-order valence-corrected chi connectivity index (χ2v) is 6.08. The van der Waals surface area contributed by atoms with Gasteiger partial charge in [0.15, 0.2) is 0 Å². The zero-order chi connectivity index (χ0) is 14.1. The van der Waals surface area contributed by atoms with Crippen molar-refractivity contribution in [3.05, 3.63) is 83.5 Å². The molecular weight excluding hydrogens is 252 g/mol. The molecule has 21 heavy (non-hydrogen) atoms. The molecule has 0 aromatic heterocycles. The van der Waals surface area contributed by atoms with E-state index in [1.54, 1.807) is 5.57 Å². The van der Waals surface area contributed by atoms with Crippen molar-refractivity contribution < 1.29 is 0 Å². The molecule has 104 valence electrons. The molecule has 0 N–H and O–H groups in total. The lowest BCUT2D eigenvalue weighted by Gasteiger charge is -2.13. The van der Waals surface area contributed by atoms with E-state index in [9.17, 15) is 0 Å². The minimum absolute atomic E-state index is 0.590. The Hall–Kier alpha value is -2.08. The third-order valence-electron chi connectivity index (χ3n) is 4.80. The molecule has 0 aliphatic heterocycles. The van der Waals surface area contributed by atoms with Gasteiger partial charge in [0.2, 0.25) is 0 Å². The van der Waals surface area contributed by atoms with Crippen LogP contribution in [0.5, 0.6) is 0 Å². The predicted octanol–water partition coefficient (Wildman–Crippen LogP) is 5.86. The van der Waals surface area contributed by atoms with E-state index in [4.69, 9.17) is 0 Å². The molecule has 0 atom stereocenters. The van der Waals surface area contributed by atoms with E-state index in [-0.39, 0.29) is 0 Å². The molecule has 0 unspecified atom stereocenters. The average Bonchev–Trinajstić information content (AvgIpc) is 3.15. The van der Waals surface area contributed by atoms with Crippen LogP contribution in [-0.4, -0.2) is 0 Å². The maximum Gasteiger partial charge on any atom is 0.0102 e. The molecule has 2 aromatic carbocycles. The number of hydrogen-bond acceptors (Lipinski definition) is 0. The van der Waals surface area contributed by atoms with E-state index in [0.717, 1.165) is 6.42 Å². The summed E-state index contributed by atoms with van der Waals surface area (Å²) in [5.41, 5.74) is 7.53. The summed E-state index contributed by atoms with van der Waals surface area (Å²) in [6, 6.07) is 17.9. The van der Waals surface area contributed by atoms with Gasteiger partial charge in [-0.1, -0.05) is 72.3 Å². The Kier molecular flexibility index (Phi) is 3.23. The Morgan fingerprint density at radius 1 is 0.857 bits per heavy atom. The van der Waals surface area contributed by atoms with Gasteiger partial charge in [-0.2, -0.15) is 0 Å². The van der Waals surface area contributed by atoms with E-state index >= 15 is 0 Å². The first kappa shape index (κ1) is 12.6. The lowest BCUT2D eigenvalue weighted by Crippen LogP contribution is -1.97. The maximum absolute atomic E-state index is 2.32. The van der Waals surface area contributed by atoms with Crippen molar-refractivity contribution in [3.8, 4) is 11.1 Å². The largest absolute Gasteiger partial charge is 0.0805 e. The molecule has 0 spiro atoms. The van der Waals surface area contributed by atoms with Crippen molar-refractivity contribution in [1.29, 1.82) is 0 Å². The van der Waals surface area contributed by atoms with Gasteiger partial charge >= 0.3 is 0 Å². The Morgan fingerprint density at radius 2 is 1.52 bits per heavy atom. The summed E-state index contributed by atoms with van der Waals surface area (Å²) in [4.78, 5) is 0. The first-order chi connectivity index (χ1) is 10.4. The van der Waals surface area contributed by atoms with Crippen molar-refractivity contribution in [2.45, 2.75) is 31.6 Å². The van der Waals surface area contributed by atoms with Crippen molar-refractivity contribution in [1.82, 2.24) is 0 Å². The summed E-state index contributed by atoms with van der Waals surface area (Å²) in [6.07, 6.45) is 11.7. The smallest absolute Gasteiger partial charge is 0.0102 e.